The lowest BCUT2D eigenvalue weighted by Gasteiger charge is -2.16. The van der Waals surface area contributed by atoms with Crippen LogP contribution in [0.25, 0.3) is 0 Å². The number of anilines is 1. The highest BCUT2D eigenvalue weighted by molar-refractivity contribution is 5.96. The van der Waals surface area contributed by atoms with E-state index in [1.54, 1.807) is 19.1 Å². The Hall–Kier alpha value is -2.82. The number of benzene rings is 2. The number of nitrogens with one attached hydrogen (secondary N) is 1. The number of hydrogen-bond donors (Lipinski definition) is 1. The van der Waals surface area contributed by atoms with Crippen LogP contribution in [0.2, 0.25) is 0 Å². The Morgan fingerprint density at radius 3 is 2.56 bits per heavy atom. The topological polar surface area (TPSA) is 78.5 Å². The second-order valence-corrected chi connectivity index (χ2v) is 5.95. The fraction of sp³-hybridized carbons (Fsp3) is 0.300. The molecule has 0 saturated heterocycles. The second kappa shape index (κ2) is 8.33. The van der Waals surface area contributed by atoms with Gasteiger partial charge in [0.15, 0.2) is 6.61 Å². The van der Waals surface area contributed by atoms with Crippen LogP contribution in [0.1, 0.15) is 47.7 Å². The Labute approximate surface area is 147 Å². The number of carbonyl (C=O) groups excluding carboxylic acids is 2. The smallest absolute Gasteiger partial charge is 0.262 e. The van der Waals surface area contributed by atoms with Crippen LogP contribution in [0.3, 0.4) is 0 Å². The van der Waals surface area contributed by atoms with Gasteiger partial charge in [0, 0.05) is 11.3 Å². The van der Waals surface area contributed by atoms with E-state index in [-0.39, 0.29) is 18.1 Å². The lowest BCUT2D eigenvalue weighted by molar-refractivity contribution is -0.255. The summed E-state index contributed by atoms with van der Waals surface area (Å²) in [5.41, 5.74) is 2.01. The van der Waals surface area contributed by atoms with Gasteiger partial charge in [0.2, 0.25) is 0 Å². The van der Waals surface area contributed by atoms with Crippen molar-refractivity contribution < 1.29 is 19.4 Å². The third-order valence-electron chi connectivity index (χ3n) is 4.25. The number of para-hydroxylation sites is 1. The average molecular weight is 340 g/mol. The highest BCUT2D eigenvalue weighted by atomic mass is 16.5. The van der Waals surface area contributed by atoms with Crippen LogP contribution in [-0.2, 0) is 4.79 Å². The van der Waals surface area contributed by atoms with Gasteiger partial charge < -0.3 is 20.0 Å². The molecule has 0 aromatic heterocycles. The third kappa shape index (κ3) is 4.59. The monoisotopic (exact) mass is 340 g/mol. The zero-order valence-electron chi connectivity index (χ0n) is 14.7. The molecule has 5 heteroatoms. The molecule has 5 nitrogen and oxygen atoms in total. The van der Waals surface area contributed by atoms with Gasteiger partial charge in [-0.2, -0.15) is 0 Å². The van der Waals surface area contributed by atoms with Crippen molar-refractivity contribution in [2.75, 3.05) is 11.9 Å². The van der Waals surface area contributed by atoms with Gasteiger partial charge >= 0.3 is 0 Å². The first-order valence-corrected chi connectivity index (χ1v) is 8.26. The molecular weight excluding hydrogens is 318 g/mol. The summed E-state index contributed by atoms with van der Waals surface area (Å²) < 4.78 is 5.67. The predicted octanol–water partition coefficient (Wildman–Crippen LogP) is 2.89. The van der Waals surface area contributed by atoms with Gasteiger partial charge in [-0.15, -0.1) is 0 Å². The summed E-state index contributed by atoms with van der Waals surface area (Å²) in [6.45, 7) is 5.68. The first-order valence-electron chi connectivity index (χ1n) is 8.26. The van der Waals surface area contributed by atoms with Crippen molar-refractivity contribution in [2.45, 2.75) is 33.1 Å². The predicted molar refractivity (Wildman–Crippen MR) is 94.8 cm³/mol. The maximum Gasteiger partial charge on any atom is 0.262 e. The normalized spacial score (nSPS) is 11.6. The van der Waals surface area contributed by atoms with Crippen LogP contribution < -0.4 is 15.2 Å². The fourth-order valence-electron chi connectivity index (χ4n) is 2.56. The van der Waals surface area contributed by atoms with Crippen LogP contribution in [-0.4, -0.2) is 18.5 Å². The molecule has 0 spiro atoms. The van der Waals surface area contributed by atoms with Crippen LogP contribution in [0.15, 0.2) is 42.5 Å². The van der Waals surface area contributed by atoms with Gasteiger partial charge in [-0.25, -0.2) is 0 Å². The summed E-state index contributed by atoms with van der Waals surface area (Å²) in [4.78, 5) is 23.2. The number of rotatable bonds is 7. The van der Waals surface area contributed by atoms with Crippen LogP contribution in [0.4, 0.5) is 5.69 Å². The molecule has 2 aromatic rings. The lowest BCUT2D eigenvalue weighted by atomic mass is 9.98. The molecule has 132 valence electrons. The molecule has 25 heavy (non-hydrogen) atoms. The summed E-state index contributed by atoms with van der Waals surface area (Å²) in [5, 5.41) is 13.7. The molecule has 0 radical (unpaired) electrons. The highest BCUT2D eigenvalue weighted by Crippen LogP contribution is 2.28. The van der Waals surface area contributed by atoms with Crippen molar-refractivity contribution in [1.82, 2.24) is 0 Å². The van der Waals surface area contributed by atoms with Crippen molar-refractivity contribution >= 4 is 17.6 Å². The average Bonchev–Trinajstić information content (AvgIpc) is 2.61. The van der Waals surface area contributed by atoms with Crippen LogP contribution in [0, 0.1) is 6.92 Å². The molecule has 0 bridgehead atoms. The van der Waals surface area contributed by atoms with E-state index < -0.39 is 5.97 Å². The summed E-state index contributed by atoms with van der Waals surface area (Å²) in [7, 11) is 0. The van der Waals surface area contributed by atoms with Crippen molar-refractivity contribution in [3.63, 3.8) is 0 Å². The quantitative estimate of drug-likeness (QED) is 0.840. The second-order valence-electron chi connectivity index (χ2n) is 5.95. The standard InChI is InChI=1S/C20H23NO4/c1-4-13(2)15-8-5-6-11-18(15)25-12-19(22)21-17-10-7-9-16(14(17)3)20(23)24/h5-11,13H,4,12H2,1-3H3,(H,21,22)(H,23,24)/p-1/t13-/m0/s1. The lowest BCUT2D eigenvalue weighted by Crippen LogP contribution is -2.25. The molecule has 0 aliphatic heterocycles. The third-order valence-corrected chi connectivity index (χ3v) is 4.25. The molecule has 0 fully saturated rings. The molecule has 0 aliphatic carbocycles. The van der Waals surface area contributed by atoms with E-state index in [1.165, 1.54) is 6.07 Å². The van der Waals surface area contributed by atoms with E-state index in [0.29, 0.717) is 22.9 Å². The Balaban J connectivity index is 2.05. The fourth-order valence-corrected chi connectivity index (χ4v) is 2.56. The minimum atomic E-state index is -1.27. The highest BCUT2D eigenvalue weighted by Gasteiger charge is 2.12. The van der Waals surface area contributed by atoms with Gasteiger partial charge in [0.25, 0.3) is 5.91 Å². The van der Waals surface area contributed by atoms with Crippen molar-refractivity contribution in [2.24, 2.45) is 0 Å². The summed E-state index contributed by atoms with van der Waals surface area (Å²) in [6, 6.07) is 12.3. The van der Waals surface area contributed by atoms with E-state index in [9.17, 15) is 14.7 Å². The maximum atomic E-state index is 12.2. The van der Waals surface area contributed by atoms with E-state index in [2.05, 4.69) is 19.2 Å². The Kier molecular flexibility index (Phi) is 6.17. The van der Waals surface area contributed by atoms with Crippen LogP contribution >= 0.6 is 0 Å². The number of ether oxygens (including phenoxy) is 1. The molecule has 2 aromatic carbocycles. The Bertz CT molecular complexity index is 770. The summed E-state index contributed by atoms with van der Waals surface area (Å²) >= 11 is 0. The molecule has 2 rings (SSSR count). The van der Waals surface area contributed by atoms with E-state index in [1.807, 2.05) is 24.3 Å². The Morgan fingerprint density at radius 2 is 1.88 bits per heavy atom. The van der Waals surface area contributed by atoms with Crippen molar-refractivity contribution in [3.8, 4) is 5.75 Å². The summed E-state index contributed by atoms with van der Waals surface area (Å²) in [6.07, 6.45) is 0.974. The number of carbonyl (C=O) groups is 2. The first kappa shape index (κ1) is 18.5. The molecule has 0 saturated carbocycles. The van der Waals surface area contributed by atoms with Gasteiger partial charge in [-0.05, 0) is 42.5 Å². The zero-order valence-corrected chi connectivity index (χ0v) is 14.7. The number of hydrogen-bond acceptors (Lipinski definition) is 4. The van der Waals surface area contributed by atoms with E-state index in [4.69, 9.17) is 4.74 Å². The molecule has 1 amide bonds. The summed E-state index contributed by atoms with van der Waals surface area (Å²) in [5.74, 6) is -0.599. The first-order chi connectivity index (χ1) is 11.9. The largest absolute Gasteiger partial charge is 0.545 e. The van der Waals surface area contributed by atoms with Gasteiger partial charge in [-0.3, -0.25) is 4.79 Å². The number of carboxylic acid groups (broad SMARTS) is 1. The van der Waals surface area contributed by atoms with Gasteiger partial charge in [0.05, 0.1) is 5.97 Å². The number of carboxylic acids is 1. The zero-order chi connectivity index (χ0) is 18.4. The number of aromatic carboxylic acids is 1. The minimum Gasteiger partial charge on any atom is -0.545 e. The number of amides is 1. The SMILES string of the molecule is CC[C@H](C)c1ccccc1OCC(=O)Nc1cccc(C(=O)[O-])c1C. The van der Waals surface area contributed by atoms with E-state index >= 15 is 0 Å². The molecule has 0 unspecified atom stereocenters. The van der Waals surface area contributed by atoms with Crippen molar-refractivity contribution in [1.29, 1.82) is 0 Å². The Morgan fingerprint density at radius 1 is 1.16 bits per heavy atom. The van der Waals surface area contributed by atoms with Gasteiger partial charge in [-0.1, -0.05) is 44.2 Å². The minimum absolute atomic E-state index is 0.0563. The van der Waals surface area contributed by atoms with Crippen LogP contribution in [0.5, 0.6) is 5.75 Å². The van der Waals surface area contributed by atoms with Gasteiger partial charge in [0.1, 0.15) is 5.75 Å². The molecule has 1 N–H and O–H groups in total. The molecular formula is C20H22NO4-. The van der Waals surface area contributed by atoms with Crippen molar-refractivity contribution in [3.05, 3.63) is 59.2 Å². The molecule has 0 heterocycles. The molecule has 0 aliphatic rings. The van der Waals surface area contributed by atoms with E-state index in [0.717, 1.165) is 12.0 Å². The molecule has 1 atom stereocenters. The maximum absolute atomic E-state index is 12.2.